The van der Waals surface area contributed by atoms with Crippen molar-refractivity contribution in [2.45, 2.75) is 12.8 Å². The van der Waals surface area contributed by atoms with Gasteiger partial charge in [-0.3, -0.25) is 14.4 Å². The van der Waals surface area contributed by atoms with Crippen molar-refractivity contribution in [3.8, 4) is 0 Å². The van der Waals surface area contributed by atoms with Crippen LogP contribution in [0.2, 0.25) is 0 Å². The van der Waals surface area contributed by atoms with Crippen molar-refractivity contribution in [2.75, 3.05) is 19.7 Å². The minimum atomic E-state index is -0.507. The average Bonchev–Trinajstić information content (AvgIpc) is 2.71. The normalized spacial score (nSPS) is 11.4. The highest BCUT2D eigenvalue weighted by atomic mass is 27.1. The van der Waals surface area contributed by atoms with E-state index in [0.717, 1.165) is 16.5 Å². The van der Waals surface area contributed by atoms with Crippen LogP contribution in [-0.4, -0.2) is 53.9 Å². The van der Waals surface area contributed by atoms with Crippen molar-refractivity contribution < 1.29 is 19.1 Å². The second-order valence-electron chi connectivity index (χ2n) is 6.09. The van der Waals surface area contributed by atoms with Crippen molar-refractivity contribution in [2.24, 2.45) is 0 Å². The molecule has 0 heterocycles. The van der Waals surface area contributed by atoms with Crippen LogP contribution >= 0.6 is 0 Å². The lowest BCUT2D eigenvalue weighted by molar-refractivity contribution is -0.145. The van der Waals surface area contributed by atoms with Gasteiger partial charge < -0.3 is 14.4 Å². The van der Waals surface area contributed by atoms with Gasteiger partial charge in [-0.2, -0.15) is 0 Å². The smallest absolute Gasteiger partial charge is 0.319 e. The number of rotatable bonds is 9. The maximum absolute atomic E-state index is 12.6. The second-order valence-corrected chi connectivity index (χ2v) is 6.80. The van der Waals surface area contributed by atoms with Crippen LogP contribution in [0, 0.1) is 0 Å². The summed E-state index contributed by atoms with van der Waals surface area (Å²) in [6.45, 7) is 2.39. The molecule has 6 nitrogen and oxygen atoms in total. The van der Waals surface area contributed by atoms with Gasteiger partial charge in [0.05, 0.1) is 19.0 Å². The van der Waals surface area contributed by atoms with Crippen LogP contribution in [0.15, 0.2) is 54.6 Å². The minimum absolute atomic E-state index is 0.0895. The zero-order chi connectivity index (χ0) is 19.6. The minimum Gasteiger partial charge on any atom is -0.463 e. The van der Waals surface area contributed by atoms with E-state index in [4.69, 9.17) is 4.74 Å². The molecule has 140 valence electrons. The number of ketones is 1. The largest absolute Gasteiger partial charge is 0.463 e. The molecule has 2 aromatic rings. The van der Waals surface area contributed by atoms with Crippen LogP contribution < -0.4 is 9.62 Å². The number of hydrogen-bond donors (Lipinski definition) is 2. The molecule has 27 heavy (non-hydrogen) atoms. The molecule has 7 heteroatoms. The van der Waals surface area contributed by atoms with Crippen LogP contribution in [0.5, 0.6) is 0 Å². The van der Waals surface area contributed by atoms with Gasteiger partial charge in [-0.15, -0.1) is 0 Å². The number of hydrogen-bond acceptors (Lipinski definition) is 5. The standard InChI is InChI=1S/C20H21N2O4.Al.2H/c1-14(20(25)26-11-10-22-18(23)13-21)16-8-5-9-17(12-16)19(24)15-6-3-2-4-7-15;;;/h2-9,12,14,21H,10-11,13H2,1H3,(H,22,23);;;/q-1;+1;;. The topological polar surface area (TPSA) is 84.5 Å². The molecule has 0 saturated heterocycles. The first-order valence-electron chi connectivity index (χ1n) is 8.80. The molecule has 0 fully saturated rings. The first-order chi connectivity index (χ1) is 13.0. The maximum Gasteiger partial charge on any atom is 0.319 e. The third kappa shape index (κ3) is 6.33. The third-order valence-corrected chi connectivity index (χ3v) is 4.40. The summed E-state index contributed by atoms with van der Waals surface area (Å²) in [4.78, 5) is 36.1. The highest BCUT2D eigenvalue weighted by Crippen LogP contribution is 2.20. The molecule has 1 amide bonds. The van der Waals surface area contributed by atoms with Crippen molar-refractivity contribution in [1.82, 2.24) is 9.62 Å². The summed E-state index contributed by atoms with van der Waals surface area (Å²) in [5.41, 5.74) is 1.84. The summed E-state index contributed by atoms with van der Waals surface area (Å²) < 4.78 is 8.10. The molecule has 0 saturated carbocycles. The molecule has 1 unspecified atom stereocenters. The van der Waals surface area contributed by atoms with E-state index < -0.39 is 11.9 Å². The maximum atomic E-state index is 12.6. The van der Waals surface area contributed by atoms with Gasteiger partial charge in [-0.25, -0.2) is 0 Å². The van der Waals surface area contributed by atoms with Gasteiger partial charge in [-0.1, -0.05) is 48.5 Å². The number of amides is 1. The predicted octanol–water partition coefficient (Wildman–Crippen LogP) is 0.818. The Morgan fingerprint density at radius 3 is 2.44 bits per heavy atom. The zero-order valence-corrected chi connectivity index (χ0v) is 17.5. The Kier molecular flexibility index (Phi) is 8.21. The Morgan fingerprint density at radius 2 is 1.74 bits per heavy atom. The Bertz CT molecular complexity index is 796. The Hall–Kier alpha value is -2.46. The van der Waals surface area contributed by atoms with Gasteiger partial charge in [-0.05, 0) is 18.6 Å². The van der Waals surface area contributed by atoms with E-state index in [9.17, 15) is 14.4 Å². The number of esters is 1. The van der Waals surface area contributed by atoms with Crippen LogP contribution in [0.25, 0.3) is 0 Å². The first-order valence-corrected chi connectivity index (χ1v) is 9.80. The number of carbonyl (C=O) groups excluding carboxylic acids is 3. The molecular weight excluding hydrogens is 359 g/mol. The van der Waals surface area contributed by atoms with Crippen LogP contribution in [-0.2, 0) is 14.3 Å². The summed E-state index contributed by atoms with van der Waals surface area (Å²) in [5, 5.41) is 2.66. The zero-order valence-electron chi connectivity index (χ0n) is 15.5. The summed E-state index contributed by atoms with van der Waals surface area (Å²) >= 11 is 0.746. The fourth-order valence-corrected chi connectivity index (χ4v) is 2.85. The van der Waals surface area contributed by atoms with Crippen molar-refractivity contribution >= 4 is 34.2 Å². The van der Waals surface area contributed by atoms with Gasteiger partial charge in [0.2, 0.25) is 5.91 Å². The van der Waals surface area contributed by atoms with Gasteiger partial charge >= 0.3 is 22.5 Å². The second kappa shape index (κ2) is 10.6. The first kappa shape index (κ1) is 20.8. The summed E-state index contributed by atoms with van der Waals surface area (Å²) in [5.74, 6) is -1.11. The Morgan fingerprint density at radius 1 is 1.04 bits per heavy atom. The van der Waals surface area contributed by atoms with E-state index in [0.29, 0.717) is 16.7 Å². The van der Waals surface area contributed by atoms with Crippen LogP contribution in [0.1, 0.15) is 34.3 Å². The lowest BCUT2D eigenvalue weighted by Gasteiger charge is -2.13. The number of nitrogens with one attached hydrogen (secondary N) is 2. The summed E-state index contributed by atoms with van der Waals surface area (Å²) in [6.07, 6.45) is 0. The molecule has 0 aromatic heterocycles. The van der Waals surface area contributed by atoms with Gasteiger partial charge in [0, 0.05) is 11.1 Å². The van der Waals surface area contributed by atoms with Crippen LogP contribution in [0.3, 0.4) is 0 Å². The molecule has 0 radical (unpaired) electrons. The van der Waals surface area contributed by atoms with E-state index in [1.807, 2.05) is 18.2 Å². The molecule has 1 atom stereocenters. The van der Waals surface area contributed by atoms with Gasteiger partial charge in [0.15, 0.2) is 5.78 Å². The van der Waals surface area contributed by atoms with Crippen LogP contribution in [0.4, 0.5) is 0 Å². The van der Waals surface area contributed by atoms with E-state index >= 15 is 0 Å². The molecular formula is C20H23AlN2O4. The molecule has 0 spiro atoms. The molecule has 0 aliphatic heterocycles. The molecule has 0 aliphatic carbocycles. The lowest BCUT2D eigenvalue weighted by Crippen LogP contribution is -2.35. The Balaban J connectivity index is 1.94. The third-order valence-electron chi connectivity index (χ3n) is 4.04. The molecule has 0 bridgehead atoms. The fourth-order valence-electron chi connectivity index (χ4n) is 2.53. The molecule has 2 aromatic carbocycles. The molecule has 0 aliphatic rings. The quantitative estimate of drug-likeness (QED) is 0.290. The SMILES string of the molecule is CC(C(=O)OCCNC(=O)C[NH][AlH2])c1cccc(C(=O)c2ccccc2)c1. The van der Waals surface area contributed by atoms with Gasteiger partial charge in [0.25, 0.3) is 0 Å². The molecule has 2 N–H and O–H groups in total. The van der Waals surface area contributed by atoms with E-state index in [2.05, 4.69) is 9.62 Å². The van der Waals surface area contributed by atoms with Gasteiger partial charge in [0.1, 0.15) is 6.61 Å². The fraction of sp³-hybridized carbons (Fsp3) is 0.250. The monoisotopic (exact) mass is 382 g/mol. The van der Waals surface area contributed by atoms with E-state index in [-0.39, 0.29) is 31.4 Å². The Labute approximate surface area is 166 Å². The average molecular weight is 382 g/mol. The lowest BCUT2D eigenvalue weighted by atomic mass is 9.96. The molecule has 2 rings (SSSR count). The predicted molar refractivity (Wildman–Crippen MR) is 105 cm³/mol. The number of carbonyl (C=O) groups is 3. The highest BCUT2D eigenvalue weighted by Gasteiger charge is 2.18. The number of ether oxygens (including phenoxy) is 1. The van der Waals surface area contributed by atoms with E-state index in [1.54, 1.807) is 43.3 Å². The summed E-state index contributed by atoms with van der Waals surface area (Å²) in [7, 11) is 0. The van der Waals surface area contributed by atoms with Crippen molar-refractivity contribution in [1.29, 1.82) is 0 Å². The highest BCUT2D eigenvalue weighted by molar-refractivity contribution is 6.09. The van der Waals surface area contributed by atoms with E-state index in [1.165, 1.54) is 0 Å². The van der Waals surface area contributed by atoms with Crippen molar-refractivity contribution in [3.63, 3.8) is 0 Å². The van der Waals surface area contributed by atoms with Crippen molar-refractivity contribution in [3.05, 3.63) is 71.3 Å². The summed E-state index contributed by atoms with van der Waals surface area (Å²) in [6, 6.07) is 16.0. The number of benzene rings is 2.